The zero-order chi connectivity index (χ0) is 19.7. The molecule has 4 rings (SSSR count). The second-order valence-corrected chi connectivity index (χ2v) is 6.80. The fourth-order valence-electron chi connectivity index (χ4n) is 3.93. The van der Waals surface area contributed by atoms with Crippen molar-refractivity contribution in [1.29, 1.82) is 5.26 Å². The van der Waals surface area contributed by atoms with Crippen LogP contribution in [0.2, 0.25) is 0 Å². The van der Waals surface area contributed by atoms with Gasteiger partial charge in [-0.2, -0.15) is 10.2 Å². The van der Waals surface area contributed by atoms with Gasteiger partial charge in [-0.15, -0.1) is 0 Å². The summed E-state index contributed by atoms with van der Waals surface area (Å²) in [5, 5.41) is 14.2. The molecule has 0 radical (unpaired) electrons. The molecule has 1 atom stereocenters. The summed E-state index contributed by atoms with van der Waals surface area (Å²) in [4.78, 5) is 39.2. The molecule has 2 aliphatic rings. The molecule has 4 heterocycles. The van der Waals surface area contributed by atoms with Crippen LogP contribution in [0.15, 0.2) is 30.7 Å². The summed E-state index contributed by atoms with van der Waals surface area (Å²) in [5.41, 5.74) is 5.55. The van der Waals surface area contributed by atoms with Crippen LogP contribution in [0.4, 0.5) is 16.6 Å². The molecule has 2 saturated heterocycles. The number of nitrogen functional groups attached to an aromatic ring is 1. The number of nitriles is 1. The van der Waals surface area contributed by atoms with Gasteiger partial charge in [0.05, 0.1) is 6.20 Å². The highest BCUT2D eigenvalue weighted by molar-refractivity contribution is 6.07. The molecule has 4 N–H and O–H groups in total. The topological polar surface area (TPSA) is 150 Å². The summed E-state index contributed by atoms with van der Waals surface area (Å²) in [6.45, 7) is 1.17. The van der Waals surface area contributed by atoms with Gasteiger partial charge in [0, 0.05) is 31.0 Å². The van der Waals surface area contributed by atoms with E-state index in [1.54, 1.807) is 24.5 Å². The van der Waals surface area contributed by atoms with Gasteiger partial charge in [0.1, 0.15) is 17.5 Å². The molecule has 10 nitrogen and oxygen atoms in total. The summed E-state index contributed by atoms with van der Waals surface area (Å²) >= 11 is 0. The van der Waals surface area contributed by atoms with E-state index in [1.165, 1.54) is 6.20 Å². The number of carbonyl (C=O) groups excluding carboxylic acids is 2. The maximum Gasteiger partial charge on any atom is 0.322 e. The van der Waals surface area contributed by atoms with Crippen molar-refractivity contribution in [3.8, 4) is 6.07 Å². The quantitative estimate of drug-likeness (QED) is 0.644. The predicted octanol–water partition coefficient (Wildman–Crippen LogP) is 0.277. The molecule has 142 valence electrons. The number of hydrogen-bond donors (Lipinski definition) is 3. The molecule has 2 aromatic heterocycles. The Morgan fingerprint density at radius 3 is 2.64 bits per heavy atom. The van der Waals surface area contributed by atoms with Gasteiger partial charge >= 0.3 is 6.03 Å². The van der Waals surface area contributed by atoms with Crippen molar-refractivity contribution in [2.45, 2.75) is 18.4 Å². The van der Waals surface area contributed by atoms with Crippen molar-refractivity contribution in [3.63, 3.8) is 0 Å². The van der Waals surface area contributed by atoms with E-state index in [4.69, 9.17) is 11.0 Å². The Hall–Kier alpha value is -3.74. The molecule has 0 saturated carbocycles. The van der Waals surface area contributed by atoms with Crippen molar-refractivity contribution in [2.24, 2.45) is 5.92 Å². The maximum atomic E-state index is 12.8. The third-order valence-electron chi connectivity index (χ3n) is 5.33. The number of nitrogens with two attached hydrogens (primary N) is 1. The van der Waals surface area contributed by atoms with Crippen LogP contribution in [-0.2, 0) is 10.3 Å². The number of hydrogen-bond acceptors (Lipinski definition) is 8. The molecule has 28 heavy (non-hydrogen) atoms. The maximum absolute atomic E-state index is 12.8. The lowest BCUT2D eigenvalue weighted by molar-refractivity contribution is -0.126. The molecule has 0 aromatic carbocycles. The van der Waals surface area contributed by atoms with E-state index in [1.807, 2.05) is 11.0 Å². The van der Waals surface area contributed by atoms with E-state index < -0.39 is 11.6 Å². The van der Waals surface area contributed by atoms with E-state index in [9.17, 15) is 9.59 Å². The van der Waals surface area contributed by atoms with Crippen LogP contribution in [0.3, 0.4) is 0 Å². The van der Waals surface area contributed by atoms with E-state index in [-0.39, 0.29) is 23.2 Å². The van der Waals surface area contributed by atoms with Crippen LogP contribution in [0.1, 0.15) is 24.0 Å². The van der Waals surface area contributed by atoms with Crippen molar-refractivity contribution < 1.29 is 9.59 Å². The molecule has 0 unspecified atom stereocenters. The smallest absolute Gasteiger partial charge is 0.322 e. The fourth-order valence-corrected chi connectivity index (χ4v) is 3.93. The summed E-state index contributed by atoms with van der Waals surface area (Å²) in [5.74, 6) is 0.118. The highest BCUT2D eigenvalue weighted by Crippen LogP contribution is 2.39. The third-order valence-corrected chi connectivity index (χ3v) is 5.33. The molecule has 2 aliphatic heterocycles. The van der Waals surface area contributed by atoms with Crippen molar-refractivity contribution in [1.82, 2.24) is 25.6 Å². The number of urea groups is 1. The van der Waals surface area contributed by atoms with Gasteiger partial charge in [0.25, 0.3) is 5.91 Å². The number of nitrogens with one attached hydrogen (secondary N) is 2. The van der Waals surface area contributed by atoms with Crippen LogP contribution < -0.4 is 21.3 Å². The minimum Gasteiger partial charge on any atom is -0.382 e. The summed E-state index contributed by atoms with van der Waals surface area (Å²) in [6.07, 6.45) is 5.91. The first kappa shape index (κ1) is 17.7. The van der Waals surface area contributed by atoms with Gasteiger partial charge in [-0.25, -0.2) is 9.78 Å². The Balaban J connectivity index is 1.58. The summed E-state index contributed by atoms with van der Waals surface area (Å²) < 4.78 is 0. The lowest BCUT2D eigenvalue weighted by atomic mass is 9.73. The number of rotatable bonds is 3. The zero-order valence-corrected chi connectivity index (χ0v) is 14.9. The largest absolute Gasteiger partial charge is 0.382 e. The van der Waals surface area contributed by atoms with Gasteiger partial charge in [-0.3, -0.25) is 15.1 Å². The lowest BCUT2D eigenvalue weighted by Crippen LogP contribution is -2.53. The van der Waals surface area contributed by atoms with E-state index in [2.05, 4.69) is 25.6 Å². The Labute approximate surface area is 160 Å². The highest BCUT2D eigenvalue weighted by Gasteiger charge is 2.53. The van der Waals surface area contributed by atoms with Crippen molar-refractivity contribution in [2.75, 3.05) is 23.7 Å². The summed E-state index contributed by atoms with van der Waals surface area (Å²) in [6, 6.07) is 4.99. The van der Waals surface area contributed by atoms with E-state index in [0.717, 1.165) is 0 Å². The van der Waals surface area contributed by atoms with Gasteiger partial charge < -0.3 is 16.0 Å². The molecule has 0 spiro atoms. The number of nitrogens with zero attached hydrogens (tertiary/aromatic N) is 5. The second kappa shape index (κ2) is 6.77. The fraction of sp³-hybridized carbons (Fsp3) is 0.333. The van der Waals surface area contributed by atoms with Gasteiger partial charge in [-0.05, 0) is 24.8 Å². The van der Waals surface area contributed by atoms with Crippen LogP contribution in [0.25, 0.3) is 0 Å². The van der Waals surface area contributed by atoms with Gasteiger partial charge in [0.2, 0.25) is 5.95 Å². The molecule has 2 aromatic rings. The zero-order valence-electron chi connectivity index (χ0n) is 14.9. The van der Waals surface area contributed by atoms with E-state index in [0.29, 0.717) is 37.4 Å². The summed E-state index contributed by atoms with van der Waals surface area (Å²) in [7, 11) is 0. The molecule has 2 fully saturated rings. The van der Waals surface area contributed by atoms with Gasteiger partial charge in [-0.1, -0.05) is 6.07 Å². The minimum absolute atomic E-state index is 0.116. The number of amides is 3. The molecule has 10 heteroatoms. The normalized spacial score (nSPS) is 22.5. The first-order valence-electron chi connectivity index (χ1n) is 8.86. The molecule has 3 amide bonds. The lowest BCUT2D eigenvalue weighted by Gasteiger charge is -2.40. The second-order valence-electron chi connectivity index (χ2n) is 6.80. The Bertz CT molecular complexity index is 965. The third kappa shape index (κ3) is 2.77. The Morgan fingerprint density at radius 2 is 2.07 bits per heavy atom. The number of imide groups is 1. The minimum atomic E-state index is -1.14. The predicted molar refractivity (Wildman–Crippen MR) is 98.7 cm³/mol. The highest BCUT2D eigenvalue weighted by atomic mass is 16.2. The number of carbonyl (C=O) groups is 2. The standard InChI is InChI=1S/C18H18N8O2/c19-8-11-9-22-16(23-14(11)20)26-6-3-12(4-7-26)18(13-2-1-5-21-10-13)15(27)24-17(28)25-18/h1-2,5,9-10,12H,3-4,6-7H2,(H2,20,22,23)(H2,24,25,27,28)/t18-/m0/s1. The van der Waals surface area contributed by atoms with Crippen molar-refractivity contribution in [3.05, 3.63) is 41.9 Å². The molecule has 0 aliphatic carbocycles. The molecule has 0 bridgehead atoms. The number of aromatic nitrogens is 3. The van der Waals surface area contributed by atoms with Crippen LogP contribution in [0.5, 0.6) is 0 Å². The van der Waals surface area contributed by atoms with Crippen LogP contribution in [0, 0.1) is 17.2 Å². The first-order valence-corrected chi connectivity index (χ1v) is 8.86. The average molecular weight is 378 g/mol. The van der Waals surface area contributed by atoms with Gasteiger partial charge in [0.15, 0.2) is 5.54 Å². The molecular weight excluding hydrogens is 360 g/mol. The first-order chi connectivity index (χ1) is 13.5. The average Bonchev–Trinajstić information content (AvgIpc) is 3.03. The number of pyridine rings is 1. The van der Waals surface area contributed by atoms with E-state index >= 15 is 0 Å². The van der Waals surface area contributed by atoms with Crippen molar-refractivity contribution >= 4 is 23.7 Å². The van der Waals surface area contributed by atoms with Crippen LogP contribution >= 0.6 is 0 Å². The number of piperidine rings is 1. The monoisotopic (exact) mass is 378 g/mol. The molecular formula is C18H18N8O2. The Morgan fingerprint density at radius 1 is 1.29 bits per heavy atom. The SMILES string of the molecule is N#Cc1cnc(N2CCC([C@@]3(c4cccnc4)NC(=O)NC3=O)CC2)nc1N. The Kier molecular flexibility index (Phi) is 4.27. The number of anilines is 2. The van der Waals surface area contributed by atoms with Crippen LogP contribution in [-0.4, -0.2) is 40.0 Å².